The molecule has 4 nitrogen and oxygen atoms in total. The number of hydrogen-bond donors (Lipinski definition) is 2. The first-order valence-electron chi connectivity index (χ1n) is 5.95. The van der Waals surface area contributed by atoms with Crippen molar-refractivity contribution in [2.24, 2.45) is 0 Å². The van der Waals surface area contributed by atoms with Crippen molar-refractivity contribution in [2.75, 3.05) is 17.7 Å². The molecule has 0 saturated carbocycles. The van der Waals surface area contributed by atoms with E-state index >= 15 is 0 Å². The molecular weight excluding hydrogens is 226 g/mol. The molecule has 0 atom stereocenters. The molecule has 0 radical (unpaired) electrons. The summed E-state index contributed by atoms with van der Waals surface area (Å²) in [5.74, 6) is 1.66. The summed E-state index contributed by atoms with van der Waals surface area (Å²) in [6, 6.07) is 11.6. The van der Waals surface area contributed by atoms with Gasteiger partial charge in [-0.3, -0.25) is 0 Å². The average Bonchev–Trinajstić information content (AvgIpc) is 2.37. The average molecular weight is 243 g/mol. The Hall–Kier alpha value is -2.23. The van der Waals surface area contributed by atoms with Crippen LogP contribution in [-0.2, 0) is 6.54 Å². The van der Waals surface area contributed by atoms with Crippen LogP contribution in [0.4, 0.5) is 11.5 Å². The monoisotopic (exact) mass is 243 g/mol. The minimum absolute atomic E-state index is 0.674. The Morgan fingerprint density at radius 3 is 2.94 bits per heavy atom. The number of aromatic nitrogens is 1. The van der Waals surface area contributed by atoms with Crippen LogP contribution in [-0.4, -0.2) is 11.6 Å². The predicted octanol–water partition coefficient (Wildman–Crippen LogP) is 2.67. The summed E-state index contributed by atoms with van der Waals surface area (Å²) < 4.78 is 5.45. The van der Waals surface area contributed by atoms with Crippen molar-refractivity contribution in [2.45, 2.75) is 13.5 Å². The lowest BCUT2D eigenvalue weighted by atomic mass is 10.2. The molecular formula is C14H17N3O. The van der Waals surface area contributed by atoms with Crippen molar-refractivity contribution < 1.29 is 4.74 Å². The molecule has 0 spiro atoms. The number of anilines is 2. The summed E-state index contributed by atoms with van der Waals surface area (Å²) in [7, 11) is 0. The number of rotatable bonds is 5. The molecule has 94 valence electrons. The first-order valence-corrected chi connectivity index (χ1v) is 5.95. The Balaban J connectivity index is 1.99. The van der Waals surface area contributed by atoms with Gasteiger partial charge in [0.25, 0.3) is 0 Å². The molecule has 18 heavy (non-hydrogen) atoms. The molecule has 2 aromatic rings. The molecule has 2 rings (SSSR count). The number of nitrogens with one attached hydrogen (secondary N) is 1. The molecule has 3 N–H and O–H groups in total. The van der Waals surface area contributed by atoms with Crippen LogP contribution in [0.5, 0.6) is 5.75 Å². The minimum Gasteiger partial charge on any atom is -0.494 e. The predicted molar refractivity (Wildman–Crippen MR) is 73.6 cm³/mol. The Labute approximate surface area is 107 Å². The van der Waals surface area contributed by atoms with Gasteiger partial charge in [0.05, 0.1) is 6.61 Å². The van der Waals surface area contributed by atoms with Gasteiger partial charge in [-0.25, -0.2) is 4.98 Å². The first kappa shape index (κ1) is 12.2. The zero-order chi connectivity index (χ0) is 12.8. The van der Waals surface area contributed by atoms with E-state index in [4.69, 9.17) is 10.5 Å². The largest absolute Gasteiger partial charge is 0.494 e. The van der Waals surface area contributed by atoms with Gasteiger partial charge in [0.15, 0.2) is 0 Å². The van der Waals surface area contributed by atoms with Crippen LogP contribution in [0.15, 0.2) is 42.6 Å². The van der Waals surface area contributed by atoms with Crippen molar-refractivity contribution in [1.82, 2.24) is 4.98 Å². The molecule has 0 bridgehead atoms. The maximum Gasteiger partial charge on any atom is 0.128 e. The van der Waals surface area contributed by atoms with E-state index < -0.39 is 0 Å². The summed E-state index contributed by atoms with van der Waals surface area (Å²) in [4.78, 5) is 4.19. The molecule has 0 unspecified atom stereocenters. The standard InChI is InChI=1S/C14H17N3O/c1-2-18-13-5-3-4-11(8-13)10-17-14-9-12(15)6-7-16-14/h3-9H,2,10H2,1H3,(H3,15,16,17). The van der Waals surface area contributed by atoms with E-state index in [1.807, 2.05) is 37.3 Å². The van der Waals surface area contributed by atoms with E-state index in [0.717, 1.165) is 17.1 Å². The van der Waals surface area contributed by atoms with Crippen LogP contribution < -0.4 is 15.8 Å². The Kier molecular flexibility index (Phi) is 4.02. The summed E-state index contributed by atoms with van der Waals surface area (Å²) in [5, 5.41) is 3.22. The third kappa shape index (κ3) is 3.38. The minimum atomic E-state index is 0.674. The van der Waals surface area contributed by atoms with Crippen LogP contribution in [0, 0.1) is 0 Å². The number of nitrogens with zero attached hydrogens (tertiary/aromatic N) is 1. The lowest BCUT2D eigenvalue weighted by molar-refractivity contribution is 0.340. The van der Waals surface area contributed by atoms with Gasteiger partial charge in [-0.2, -0.15) is 0 Å². The Bertz CT molecular complexity index is 514. The summed E-state index contributed by atoms with van der Waals surface area (Å²) in [6.07, 6.45) is 1.69. The van der Waals surface area contributed by atoms with E-state index in [0.29, 0.717) is 18.8 Å². The molecule has 0 fully saturated rings. The van der Waals surface area contributed by atoms with Gasteiger partial charge in [-0.15, -0.1) is 0 Å². The second kappa shape index (κ2) is 5.91. The maximum atomic E-state index is 5.69. The molecule has 0 aliphatic heterocycles. The maximum absolute atomic E-state index is 5.69. The van der Waals surface area contributed by atoms with E-state index in [9.17, 15) is 0 Å². The zero-order valence-electron chi connectivity index (χ0n) is 10.4. The van der Waals surface area contributed by atoms with E-state index in [1.54, 1.807) is 12.3 Å². The Morgan fingerprint density at radius 2 is 2.17 bits per heavy atom. The topological polar surface area (TPSA) is 60.2 Å². The van der Waals surface area contributed by atoms with Gasteiger partial charge >= 0.3 is 0 Å². The van der Waals surface area contributed by atoms with Crippen LogP contribution in [0.25, 0.3) is 0 Å². The van der Waals surface area contributed by atoms with Gasteiger partial charge in [0, 0.05) is 24.5 Å². The second-order valence-corrected chi connectivity index (χ2v) is 3.91. The van der Waals surface area contributed by atoms with E-state index in [2.05, 4.69) is 10.3 Å². The van der Waals surface area contributed by atoms with Crippen molar-refractivity contribution in [1.29, 1.82) is 0 Å². The molecule has 0 aliphatic carbocycles. The molecule has 0 aliphatic rings. The van der Waals surface area contributed by atoms with Gasteiger partial charge < -0.3 is 15.8 Å². The number of nitrogen functional groups attached to an aromatic ring is 1. The van der Waals surface area contributed by atoms with Crippen LogP contribution in [0.1, 0.15) is 12.5 Å². The molecule has 0 saturated heterocycles. The fourth-order valence-corrected chi connectivity index (χ4v) is 1.65. The highest BCUT2D eigenvalue weighted by molar-refractivity contribution is 5.48. The van der Waals surface area contributed by atoms with Crippen LogP contribution >= 0.6 is 0 Å². The van der Waals surface area contributed by atoms with Crippen LogP contribution in [0.3, 0.4) is 0 Å². The van der Waals surface area contributed by atoms with Crippen molar-refractivity contribution >= 4 is 11.5 Å². The molecule has 1 aromatic heterocycles. The highest BCUT2D eigenvalue weighted by Gasteiger charge is 1.98. The smallest absolute Gasteiger partial charge is 0.128 e. The quantitative estimate of drug-likeness (QED) is 0.847. The molecule has 0 amide bonds. The van der Waals surface area contributed by atoms with E-state index in [1.165, 1.54) is 0 Å². The fraction of sp³-hybridized carbons (Fsp3) is 0.214. The highest BCUT2D eigenvalue weighted by atomic mass is 16.5. The third-order valence-corrected chi connectivity index (χ3v) is 2.47. The Morgan fingerprint density at radius 1 is 1.28 bits per heavy atom. The lowest BCUT2D eigenvalue weighted by Gasteiger charge is -2.08. The molecule has 4 heteroatoms. The number of nitrogens with two attached hydrogens (primary N) is 1. The SMILES string of the molecule is CCOc1cccc(CNc2cc(N)ccn2)c1. The second-order valence-electron chi connectivity index (χ2n) is 3.91. The van der Waals surface area contributed by atoms with Crippen molar-refractivity contribution in [3.05, 3.63) is 48.2 Å². The number of ether oxygens (including phenoxy) is 1. The van der Waals surface area contributed by atoms with Crippen LogP contribution in [0.2, 0.25) is 0 Å². The summed E-state index contributed by atoms with van der Waals surface area (Å²) in [6.45, 7) is 3.34. The van der Waals surface area contributed by atoms with E-state index in [-0.39, 0.29) is 0 Å². The van der Waals surface area contributed by atoms with Gasteiger partial charge in [-0.05, 0) is 30.7 Å². The number of hydrogen-bond acceptors (Lipinski definition) is 4. The first-order chi connectivity index (χ1) is 8.78. The van der Waals surface area contributed by atoms with Crippen molar-refractivity contribution in [3.8, 4) is 5.75 Å². The van der Waals surface area contributed by atoms with Gasteiger partial charge in [-0.1, -0.05) is 12.1 Å². The highest BCUT2D eigenvalue weighted by Crippen LogP contribution is 2.15. The molecule has 1 aromatic carbocycles. The normalized spacial score (nSPS) is 10.1. The van der Waals surface area contributed by atoms with Crippen molar-refractivity contribution in [3.63, 3.8) is 0 Å². The summed E-state index contributed by atoms with van der Waals surface area (Å²) >= 11 is 0. The lowest BCUT2D eigenvalue weighted by Crippen LogP contribution is -2.02. The van der Waals surface area contributed by atoms with Gasteiger partial charge in [0.2, 0.25) is 0 Å². The number of benzene rings is 1. The molecule has 1 heterocycles. The summed E-state index contributed by atoms with van der Waals surface area (Å²) in [5.41, 5.74) is 7.54. The fourth-order valence-electron chi connectivity index (χ4n) is 1.65. The number of pyridine rings is 1. The van der Waals surface area contributed by atoms with Gasteiger partial charge in [0.1, 0.15) is 11.6 Å². The zero-order valence-corrected chi connectivity index (χ0v) is 10.4. The third-order valence-electron chi connectivity index (χ3n) is 2.47.